The molecule has 218 valence electrons. The smallest absolute Gasteiger partial charge is 0.0781 e. The van der Waals surface area contributed by atoms with Gasteiger partial charge in [-0.05, 0) is 20.3 Å². The summed E-state index contributed by atoms with van der Waals surface area (Å²) < 4.78 is 54.5. The highest BCUT2D eigenvalue weighted by Gasteiger charge is 2.07. The van der Waals surface area contributed by atoms with Crippen molar-refractivity contribution in [1.82, 2.24) is 0 Å². The van der Waals surface area contributed by atoms with Gasteiger partial charge in [0.1, 0.15) is 0 Å². The zero-order chi connectivity index (χ0) is 26.4. The van der Waals surface area contributed by atoms with Gasteiger partial charge in [0.25, 0.3) is 0 Å². The minimum absolute atomic E-state index is 0.0150. The van der Waals surface area contributed by atoms with E-state index in [-0.39, 0.29) is 18.8 Å². The summed E-state index contributed by atoms with van der Waals surface area (Å²) in [4.78, 5) is 0. The largest absolute Gasteiger partial charge is 0.394 e. The third-order valence-corrected chi connectivity index (χ3v) is 4.41. The normalized spacial score (nSPS) is 13.3. The Hall–Kier alpha value is -0.440. The lowest BCUT2D eigenvalue weighted by Crippen LogP contribution is -2.24. The van der Waals surface area contributed by atoms with E-state index in [0.717, 1.165) is 13.0 Å². The van der Waals surface area contributed by atoms with Crippen LogP contribution >= 0.6 is 0 Å². The average molecular weight is 529 g/mol. The Morgan fingerprint density at radius 3 is 1.17 bits per heavy atom. The van der Waals surface area contributed by atoms with Crippen molar-refractivity contribution in [2.45, 2.75) is 39.4 Å². The molecule has 0 aromatic rings. The molecule has 2 unspecified atom stereocenters. The number of aliphatic hydroxyl groups excluding tert-OH is 1. The van der Waals surface area contributed by atoms with Crippen molar-refractivity contribution in [2.75, 3.05) is 126 Å². The zero-order valence-corrected chi connectivity index (χ0v) is 22.8. The predicted octanol–water partition coefficient (Wildman–Crippen LogP) is 1.33. The first-order valence-corrected chi connectivity index (χ1v) is 13.2. The number of ether oxygens (including phenoxy) is 10. The summed E-state index contributed by atoms with van der Waals surface area (Å²) in [6.07, 6.45) is 1.10. The summed E-state index contributed by atoms with van der Waals surface area (Å²) >= 11 is 0. The molecule has 0 bridgehead atoms. The van der Waals surface area contributed by atoms with Crippen LogP contribution < -0.4 is 0 Å². The van der Waals surface area contributed by atoms with Crippen LogP contribution in [-0.4, -0.2) is 143 Å². The fourth-order valence-corrected chi connectivity index (χ4v) is 2.58. The Labute approximate surface area is 217 Å². The third-order valence-electron chi connectivity index (χ3n) is 4.41. The first kappa shape index (κ1) is 35.6. The molecule has 0 aromatic heterocycles. The summed E-state index contributed by atoms with van der Waals surface area (Å²) in [5.41, 5.74) is 0. The highest BCUT2D eigenvalue weighted by atomic mass is 16.6. The Balaban J connectivity index is 3.15. The van der Waals surface area contributed by atoms with Crippen LogP contribution in [0.5, 0.6) is 0 Å². The topological polar surface area (TPSA) is 113 Å². The van der Waals surface area contributed by atoms with E-state index in [2.05, 4.69) is 6.92 Å². The lowest BCUT2D eigenvalue weighted by Gasteiger charge is -2.17. The van der Waals surface area contributed by atoms with E-state index >= 15 is 0 Å². The summed E-state index contributed by atoms with van der Waals surface area (Å²) in [6.45, 7) is 15.5. The van der Waals surface area contributed by atoms with Crippen molar-refractivity contribution in [3.63, 3.8) is 0 Å². The summed E-state index contributed by atoms with van der Waals surface area (Å²) in [6, 6.07) is 0. The van der Waals surface area contributed by atoms with Crippen molar-refractivity contribution < 1.29 is 52.5 Å². The Bertz CT molecular complexity index is 404. The summed E-state index contributed by atoms with van der Waals surface area (Å²) in [7, 11) is 0. The van der Waals surface area contributed by atoms with Crippen LogP contribution in [0.2, 0.25) is 0 Å². The zero-order valence-electron chi connectivity index (χ0n) is 22.8. The highest BCUT2D eigenvalue weighted by Crippen LogP contribution is 1.98. The van der Waals surface area contributed by atoms with Crippen LogP contribution in [0.1, 0.15) is 27.2 Å². The van der Waals surface area contributed by atoms with E-state index in [1.165, 1.54) is 0 Å². The van der Waals surface area contributed by atoms with Gasteiger partial charge in [-0.25, -0.2) is 0 Å². The van der Waals surface area contributed by atoms with E-state index in [9.17, 15) is 0 Å². The Morgan fingerprint density at radius 1 is 0.417 bits per heavy atom. The maximum Gasteiger partial charge on any atom is 0.0781 e. The molecule has 0 saturated heterocycles. The molecule has 0 rings (SSSR count). The monoisotopic (exact) mass is 528 g/mol. The van der Waals surface area contributed by atoms with Crippen molar-refractivity contribution in [1.29, 1.82) is 0 Å². The molecule has 0 spiro atoms. The van der Waals surface area contributed by atoms with Gasteiger partial charge in [0.05, 0.1) is 131 Å². The van der Waals surface area contributed by atoms with Crippen LogP contribution in [0.25, 0.3) is 0 Å². The maximum atomic E-state index is 8.56. The Morgan fingerprint density at radius 2 is 0.778 bits per heavy atom. The molecule has 0 fully saturated rings. The fraction of sp³-hybridized carbons (Fsp3) is 1.00. The highest BCUT2D eigenvalue weighted by molar-refractivity contribution is 4.52. The first-order valence-electron chi connectivity index (χ1n) is 13.2. The van der Waals surface area contributed by atoms with Gasteiger partial charge in [0, 0.05) is 6.61 Å². The van der Waals surface area contributed by atoms with Crippen LogP contribution in [-0.2, 0) is 47.4 Å². The van der Waals surface area contributed by atoms with E-state index in [1.807, 2.05) is 13.8 Å². The number of hydrogen-bond donors (Lipinski definition) is 1. The molecule has 0 aliphatic rings. The molecular weight excluding hydrogens is 476 g/mol. The van der Waals surface area contributed by atoms with Crippen LogP contribution in [0, 0.1) is 0 Å². The second kappa shape index (κ2) is 30.8. The van der Waals surface area contributed by atoms with E-state index in [0.29, 0.717) is 112 Å². The molecule has 11 nitrogen and oxygen atoms in total. The lowest BCUT2D eigenvalue weighted by molar-refractivity contribution is -0.0686. The molecule has 0 heterocycles. The molecule has 2 atom stereocenters. The standard InChI is InChI=1S/C25H52O11/c1-4-6-34-22-24(2)36-23-25(3)35-21-20-33-19-18-32-17-16-31-15-14-30-13-12-29-11-10-28-9-8-27-7-5-26/h24-26H,4-23H2,1-3H3. The van der Waals surface area contributed by atoms with Gasteiger partial charge in [-0.3, -0.25) is 0 Å². The molecule has 0 aliphatic heterocycles. The lowest BCUT2D eigenvalue weighted by atomic mass is 10.4. The number of aliphatic hydroxyl groups is 1. The maximum absolute atomic E-state index is 8.56. The molecule has 0 aliphatic carbocycles. The van der Waals surface area contributed by atoms with E-state index in [1.54, 1.807) is 0 Å². The van der Waals surface area contributed by atoms with Gasteiger partial charge in [0.15, 0.2) is 0 Å². The van der Waals surface area contributed by atoms with Crippen molar-refractivity contribution >= 4 is 0 Å². The summed E-state index contributed by atoms with van der Waals surface area (Å²) in [5.74, 6) is 0. The van der Waals surface area contributed by atoms with Crippen molar-refractivity contribution in [3.8, 4) is 0 Å². The van der Waals surface area contributed by atoms with Gasteiger partial charge in [0.2, 0.25) is 0 Å². The second-order valence-electron chi connectivity index (χ2n) is 7.91. The first-order chi connectivity index (χ1) is 17.7. The van der Waals surface area contributed by atoms with Gasteiger partial charge < -0.3 is 52.5 Å². The summed E-state index contributed by atoms with van der Waals surface area (Å²) in [5, 5.41) is 8.56. The molecule has 11 heteroatoms. The predicted molar refractivity (Wildman–Crippen MR) is 135 cm³/mol. The SMILES string of the molecule is CCCOCC(C)OCC(C)OCCOCCOCCOCCOCCOCCOCCOCCO. The number of hydrogen-bond acceptors (Lipinski definition) is 11. The van der Waals surface area contributed by atoms with Gasteiger partial charge in [-0.2, -0.15) is 0 Å². The average Bonchev–Trinajstić information content (AvgIpc) is 2.88. The van der Waals surface area contributed by atoms with Crippen LogP contribution in [0.3, 0.4) is 0 Å². The van der Waals surface area contributed by atoms with Gasteiger partial charge in [-0.1, -0.05) is 6.92 Å². The second-order valence-corrected chi connectivity index (χ2v) is 7.91. The van der Waals surface area contributed by atoms with Crippen molar-refractivity contribution in [2.24, 2.45) is 0 Å². The fourth-order valence-electron chi connectivity index (χ4n) is 2.58. The Kier molecular flexibility index (Phi) is 30.4. The van der Waals surface area contributed by atoms with E-state index < -0.39 is 0 Å². The quantitative estimate of drug-likeness (QED) is 0.132. The third kappa shape index (κ3) is 29.8. The van der Waals surface area contributed by atoms with Gasteiger partial charge in [-0.15, -0.1) is 0 Å². The molecule has 1 N–H and O–H groups in total. The molecular formula is C25H52O11. The van der Waals surface area contributed by atoms with Gasteiger partial charge >= 0.3 is 0 Å². The minimum Gasteiger partial charge on any atom is -0.394 e. The number of rotatable bonds is 31. The van der Waals surface area contributed by atoms with Crippen LogP contribution in [0.4, 0.5) is 0 Å². The minimum atomic E-state index is 0.0150. The molecule has 0 aromatic carbocycles. The molecule has 0 saturated carbocycles. The van der Waals surface area contributed by atoms with Crippen molar-refractivity contribution in [3.05, 3.63) is 0 Å². The molecule has 36 heavy (non-hydrogen) atoms. The van der Waals surface area contributed by atoms with E-state index in [4.69, 9.17) is 52.5 Å². The molecule has 0 radical (unpaired) electrons. The molecule has 0 amide bonds. The van der Waals surface area contributed by atoms with Crippen LogP contribution in [0.15, 0.2) is 0 Å².